The highest BCUT2D eigenvalue weighted by atomic mass is 16.5. The van der Waals surface area contributed by atoms with E-state index in [1.807, 2.05) is 62.6 Å². The summed E-state index contributed by atoms with van der Waals surface area (Å²) >= 11 is 0. The van der Waals surface area contributed by atoms with E-state index >= 15 is 0 Å². The molecule has 0 fully saturated rings. The van der Waals surface area contributed by atoms with E-state index in [0.717, 1.165) is 51.3 Å². The van der Waals surface area contributed by atoms with Crippen LogP contribution in [-0.2, 0) is 23.5 Å². The van der Waals surface area contributed by atoms with Crippen LogP contribution in [-0.4, -0.2) is 41.1 Å². The highest BCUT2D eigenvalue weighted by molar-refractivity contribution is 6.33. The number of nitrogens with zero attached hydrogens (tertiary/aromatic N) is 1. The fourth-order valence-electron chi connectivity index (χ4n) is 4.48. The Morgan fingerprint density at radius 3 is 1.69 bits per heavy atom. The van der Waals surface area contributed by atoms with Crippen molar-refractivity contribution in [3.63, 3.8) is 0 Å². The van der Waals surface area contributed by atoms with E-state index in [2.05, 4.69) is 53.4 Å². The SMILES string of the molecule is [B]c1cc(COC(c2ccccc2)(c2ccc(OC)cc2)c2ccc(OC)cc2)ccc1CN(C)C. The van der Waals surface area contributed by atoms with E-state index in [9.17, 15) is 0 Å². The fourth-order valence-corrected chi connectivity index (χ4v) is 4.48. The van der Waals surface area contributed by atoms with Crippen LogP contribution in [0.1, 0.15) is 27.8 Å². The third kappa shape index (κ3) is 5.48. The first-order valence-electron chi connectivity index (χ1n) is 12.0. The van der Waals surface area contributed by atoms with Crippen LogP contribution in [0, 0.1) is 0 Å². The lowest BCUT2D eigenvalue weighted by Gasteiger charge is -2.36. The summed E-state index contributed by atoms with van der Waals surface area (Å²) in [5, 5.41) is 0. The summed E-state index contributed by atoms with van der Waals surface area (Å²) < 4.78 is 17.8. The third-order valence-electron chi connectivity index (χ3n) is 6.33. The number of hydrogen-bond acceptors (Lipinski definition) is 4. The molecule has 0 aliphatic carbocycles. The molecule has 2 radical (unpaired) electrons. The van der Waals surface area contributed by atoms with E-state index < -0.39 is 5.60 Å². The van der Waals surface area contributed by atoms with Gasteiger partial charge in [0.25, 0.3) is 0 Å². The summed E-state index contributed by atoms with van der Waals surface area (Å²) in [4.78, 5) is 2.11. The summed E-state index contributed by atoms with van der Waals surface area (Å²) in [7, 11) is 13.8. The van der Waals surface area contributed by atoms with Crippen LogP contribution in [0.2, 0.25) is 0 Å². The highest BCUT2D eigenvalue weighted by Gasteiger charge is 2.38. The topological polar surface area (TPSA) is 30.9 Å². The lowest BCUT2D eigenvalue weighted by Crippen LogP contribution is -2.33. The monoisotopic (exact) mass is 477 g/mol. The van der Waals surface area contributed by atoms with Crippen molar-refractivity contribution in [3.05, 3.63) is 125 Å². The first kappa shape index (κ1) is 25.6. The molecule has 4 aromatic rings. The van der Waals surface area contributed by atoms with Crippen molar-refractivity contribution in [1.82, 2.24) is 4.90 Å². The van der Waals surface area contributed by atoms with Crippen molar-refractivity contribution >= 4 is 13.3 Å². The molecule has 0 saturated carbocycles. The van der Waals surface area contributed by atoms with E-state index in [0.29, 0.717) is 6.61 Å². The molecule has 4 nitrogen and oxygen atoms in total. The average molecular weight is 477 g/mol. The minimum Gasteiger partial charge on any atom is -0.497 e. The van der Waals surface area contributed by atoms with Crippen molar-refractivity contribution in [1.29, 1.82) is 0 Å². The molecule has 182 valence electrons. The predicted molar refractivity (Wildman–Crippen MR) is 146 cm³/mol. The molecular formula is C31H32BNO3. The van der Waals surface area contributed by atoms with Crippen molar-refractivity contribution in [3.8, 4) is 11.5 Å². The Kier molecular flexibility index (Phi) is 8.14. The Labute approximate surface area is 215 Å². The molecule has 36 heavy (non-hydrogen) atoms. The normalized spacial score (nSPS) is 11.5. The van der Waals surface area contributed by atoms with E-state index in [1.165, 1.54) is 0 Å². The van der Waals surface area contributed by atoms with Crippen LogP contribution >= 0.6 is 0 Å². The highest BCUT2D eigenvalue weighted by Crippen LogP contribution is 2.42. The van der Waals surface area contributed by atoms with Crippen LogP contribution in [0.25, 0.3) is 0 Å². The minimum atomic E-state index is -0.864. The van der Waals surface area contributed by atoms with Gasteiger partial charge in [0.15, 0.2) is 0 Å². The van der Waals surface area contributed by atoms with Crippen LogP contribution in [0.3, 0.4) is 0 Å². The summed E-state index contributed by atoms with van der Waals surface area (Å²) in [6.45, 7) is 1.16. The second kappa shape index (κ2) is 11.5. The number of benzene rings is 4. The predicted octanol–water partition coefficient (Wildman–Crippen LogP) is 5.07. The third-order valence-corrected chi connectivity index (χ3v) is 6.33. The number of rotatable bonds is 10. The molecule has 0 aliphatic rings. The molecule has 0 bridgehead atoms. The van der Waals surface area contributed by atoms with Gasteiger partial charge in [-0.25, -0.2) is 0 Å². The standard InChI is InChI=1S/C31H32BNO3/c1-33(2)21-24-11-10-23(20-30(24)32)22-36-31(25-8-6-5-7-9-25,26-12-16-28(34-3)17-13-26)27-14-18-29(35-4)19-15-27/h5-20H,21-22H2,1-4H3. The van der Waals surface area contributed by atoms with Gasteiger partial charge in [-0.2, -0.15) is 0 Å². The zero-order valence-corrected chi connectivity index (χ0v) is 21.4. The molecule has 4 rings (SSSR count). The maximum Gasteiger partial charge on any atom is 0.144 e. The summed E-state index contributed by atoms with van der Waals surface area (Å²) in [6.07, 6.45) is 0. The molecule has 4 aromatic carbocycles. The molecule has 0 aliphatic heterocycles. The van der Waals surface area contributed by atoms with E-state index in [1.54, 1.807) is 14.2 Å². The minimum absolute atomic E-state index is 0.374. The Morgan fingerprint density at radius 1 is 0.694 bits per heavy atom. The van der Waals surface area contributed by atoms with Gasteiger partial charge in [-0.15, -0.1) is 0 Å². The molecule has 0 saturated heterocycles. The lowest BCUT2D eigenvalue weighted by molar-refractivity contribution is 0.000216. The zero-order chi connectivity index (χ0) is 25.5. The molecule has 0 heterocycles. The van der Waals surface area contributed by atoms with Crippen molar-refractivity contribution < 1.29 is 14.2 Å². The Bertz CT molecular complexity index is 1210. The molecule has 0 atom stereocenters. The summed E-state index contributed by atoms with van der Waals surface area (Å²) in [5.41, 5.74) is 5.03. The van der Waals surface area contributed by atoms with Crippen LogP contribution < -0.4 is 14.9 Å². The van der Waals surface area contributed by atoms with Crippen molar-refractivity contribution in [2.75, 3.05) is 28.3 Å². The second-order valence-electron chi connectivity index (χ2n) is 9.06. The van der Waals surface area contributed by atoms with Crippen molar-refractivity contribution in [2.45, 2.75) is 18.8 Å². The Hall–Kier alpha value is -3.54. The largest absolute Gasteiger partial charge is 0.497 e. The van der Waals surface area contributed by atoms with Gasteiger partial charge < -0.3 is 19.1 Å². The van der Waals surface area contributed by atoms with Gasteiger partial charge >= 0.3 is 0 Å². The van der Waals surface area contributed by atoms with Gasteiger partial charge in [-0.05, 0) is 66.2 Å². The van der Waals surface area contributed by atoms with Gasteiger partial charge in [0.2, 0.25) is 0 Å². The first-order valence-corrected chi connectivity index (χ1v) is 12.0. The second-order valence-corrected chi connectivity index (χ2v) is 9.06. The lowest BCUT2D eigenvalue weighted by atomic mass is 9.80. The van der Waals surface area contributed by atoms with Crippen molar-refractivity contribution in [2.24, 2.45) is 0 Å². The van der Waals surface area contributed by atoms with Gasteiger partial charge in [0.05, 0.1) is 20.8 Å². The molecule has 0 aromatic heterocycles. The first-order chi connectivity index (χ1) is 17.5. The van der Waals surface area contributed by atoms with Gasteiger partial charge in [-0.3, -0.25) is 0 Å². The average Bonchev–Trinajstić information content (AvgIpc) is 2.91. The van der Waals surface area contributed by atoms with Gasteiger partial charge in [-0.1, -0.05) is 78.3 Å². The summed E-state index contributed by atoms with van der Waals surface area (Å²) in [6, 6.07) is 32.6. The smallest absolute Gasteiger partial charge is 0.144 e. The summed E-state index contributed by atoms with van der Waals surface area (Å²) in [5.74, 6) is 1.58. The van der Waals surface area contributed by atoms with Gasteiger partial charge in [0.1, 0.15) is 24.9 Å². The van der Waals surface area contributed by atoms with Crippen LogP contribution in [0.4, 0.5) is 0 Å². The fraction of sp³-hybridized carbons (Fsp3) is 0.226. The molecule has 0 amide bonds. The maximum atomic E-state index is 6.95. The van der Waals surface area contributed by atoms with Crippen LogP contribution in [0.15, 0.2) is 97.1 Å². The molecule has 5 heteroatoms. The Morgan fingerprint density at radius 2 is 1.22 bits per heavy atom. The van der Waals surface area contributed by atoms with E-state index in [-0.39, 0.29) is 0 Å². The quantitative estimate of drug-likeness (QED) is 0.236. The number of ether oxygens (including phenoxy) is 3. The Balaban J connectivity index is 1.82. The maximum absolute atomic E-state index is 6.95. The van der Waals surface area contributed by atoms with E-state index in [4.69, 9.17) is 22.1 Å². The molecule has 0 unspecified atom stereocenters. The molecular weight excluding hydrogens is 445 g/mol. The number of hydrogen-bond donors (Lipinski definition) is 0. The van der Waals surface area contributed by atoms with Gasteiger partial charge in [0, 0.05) is 6.54 Å². The molecule has 0 spiro atoms. The zero-order valence-electron chi connectivity index (χ0n) is 21.4. The van der Waals surface area contributed by atoms with Crippen LogP contribution in [0.5, 0.6) is 11.5 Å². The number of methoxy groups -OCH3 is 2. The molecule has 0 N–H and O–H groups in total.